The van der Waals surface area contributed by atoms with E-state index in [0.717, 1.165) is 75.8 Å². The molecule has 1 saturated carbocycles. The van der Waals surface area contributed by atoms with Crippen LogP contribution in [-0.4, -0.2) is 39.9 Å². The number of carbonyl (C=O) groups is 1. The van der Waals surface area contributed by atoms with Crippen molar-refractivity contribution >= 4 is 18.3 Å². The molecule has 5 nitrogen and oxygen atoms in total. The number of nitrogens with zero attached hydrogens (tertiary/aromatic N) is 3. The van der Waals surface area contributed by atoms with Crippen LogP contribution >= 0.6 is 12.4 Å². The summed E-state index contributed by atoms with van der Waals surface area (Å²) in [6, 6.07) is 10.5. The van der Waals surface area contributed by atoms with Crippen LogP contribution in [0.25, 0.3) is 11.4 Å². The smallest absolute Gasteiger partial charge is 0.225 e. The van der Waals surface area contributed by atoms with Gasteiger partial charge in [0.25, 0.3) is 0 Å². The molecule has 1 saturated heterocycles. The zero-order valence-electron chi connectivity index (χ0n) is 17.4. The lowest BCUT2D eigenvalue weighted by atomic mass is 9.76. The molecule has 2 aromatic rings. The Hall–Kier alpha value is -1.98. The predicted octanol–water partition coefficient (Wildman–Crippen LogP) is 3.89. The van der Waals surface area contributed by atoms with E-state index >= 15 is 0 Å². The second kappa shape index (κ2) is 8.64. The molecule has 1 aliphatic heterocycles. The van der Waals surface area contributed by atoms with Crippen LogP contribution < -0.4 is 5.73 Å². The number of carbonyl (C=O) groups excluding carboxylic acids is 1. The largest absolute Gasteiger partial charge is 0.342 e. The van der Waals surface area contributed by atoms with Crippen molar-refractivity contribution in [2.45, 2.75) is 62.8 Å². The van der Waals surface area contributed by atoms with Gasteiger partial charge in [-0.25, -0.2) is 9.97 Å². The highest BCUT2D eigenvalue weighted by Crippen LogP contribution is 2.44. The van der Waals surface area contributed by atoms with E-state index in [-0.39, 0.29) is 29.8 Å². The first-order chi connectivity index (χ1) is 14.1. The Bertz CT molecular complexity index is 893. The minimum atomic E-state index is 0. The highest BCUT2D eigenvalue weighted by molar-refractivity contribution is 5.85. The normalized spacial score (nSPS) is 28.1. The number of nitrogens with two attached hydrogens (primary N) is 1. The maximum atomic E-state index is 13.3. The molecule has 160 valence electrons. The number of aromatic nitrogens is 2. The maximum Gasteiger partial charge on any atom is 0.225 e. The van der Waals surface area contributed by atoms with Crippen molar-refractivity contribution in [2.75, 3.05) is 13.1 Å². The van der Waals surface area contributed by atoms with E-state index in [1.54, 1.807) is 0 Å². The summed E-state index contributed by atoms with van der Waals surface area (Å²) in [4.78, 5) is 25.1. The van der Waals surface area contributed by atoms with Crippen LogP contribution in [0.3, 0.4) is 0 Å². The molecule has 30 heavy (non-hydrogen) atoms. The van der Waals surface area contributed by atoms with Crippen LogP contribution in [-0.2, 0) is 16.6 Å². The fraction of sp³-hybridized carbons (Fsp3) is 0.542. The molecule has 0 radical (unpaired) electrons. The fourth-order valence-corrected chi connectivity index (χ4v) is 5.61. The van der Waals surface area contributed by atoms with E-state index < -0.39 is 0 Å². The highest BCUT2D eigenvalue weighted by Gasteiger charge is 2.45. The fourth-order valence-electron chi connectivity index (χ4n) is 5.61. The van der Waals surface area contributed by atoms with Gasteiger partial charge >= 0.3 is 0 Å². The van der Waals surface area contributed by atoms with E-state index in [4.69, 9.17) is 10.7 Å². The van der Waals surface area contributed by atoms with Crippen molar-refractivity contribution in [1.82, 2.24) is 14.9 Å². The number of likely N-dealkylation sites (tertiary alicyclic amines) is 1. The lowest BCUT2D eigenvalue weighted by Crippen LogP contribution is -2.50. The number of hydrogen-bond acceptors (Lipinski definition) is 4. The van der Waals surface area contributed by atoms with Gasteiger partial charge < -0.3 is 10.6 Å². The number of halogens is 1. The summed E-state index contributed by atoms with van der Waals surface area (Å²) in [6.45, 7) is 1.70. The summed E-state index contributed by atoms with van der Waals surface area (Å²) in [7, 11) is 0. The number of aryl methyl sites for hydroxylation is 1. The zero-order chi connectivity index (χ0) is 19.8. The molecule has 3 aliphatic rings. The van der Waals surface area contributed by atoms with E-state index in [1.807, 2.05) is 24.4 Å². The van der Waals surface area contributed by atoms with Gasteiger partial charge in [-0.3, -0.25) is 4.79 Å². The van der Waals surface area contributed by atoms with Gasteiger partial charge in [-0.1, -0.05) is 30.3 Å². The third-order valence-electron chi connectivity index (χ3n) is 7.28. The molecule has 0 bridgehead atoms. The Morgan fingerprint density at radius 3 is 2.63 bits per heavy atom. The molecule has 2 fully saturated rings. The Morgan fingerprint density at radius 1 is 1.10 bits per heavy atom. The predicted molar refractivity (Wildman–Crippen MR) is 120 cm³/mol. The van der Waals surface area contributed by atoms with Crippen LogP contribution in [0.5, 0.6) is 0 Å². The second-order valence-corrected chi connectivity index (χ2v) is 9.19. The monoisotopic (exact) mass is 426 g/mol. The third kappa shape index (κ3) is 3.85. The van der Waals surface area contributed by atoms with Crippen molar-refractivity contribution in [2.24, 2.45) is 11.7 Å². The second-order valence-electron chi connectivity index (χ2n) is 9.19. The Labute approximate surface area is 184 Å². The molecule has 2 aliphatic carbocycles. The summed E-state index contributed by atoms with van der Waals surface area (Å²) in [6.07, 6.45) is 10.1. The van der Waals surface area contributed by atoms with Crippen LogP contribution in [0.1, 0.15) is 56.2 Å². The van der Waals surface area contributed by atoms with Gasteiger partial charge in [-0.2, -0.15) is 0 Å². The summed E-state index contributed by atoms with van der Waals surface area (Å²) >= 11 is 0. The third-order valence-corrected chi connectivity index (χ3v) is 7.28. The molecule has 2 heterocycles. The molecular formula is C24H31ClN4O. The van der Waals surface area contributed by atoms with Crippen LogP contribution in [0.4, 0.5) is 0 Å². The van der Waals surface area contributed by atoms with E-state index in [0.29, 0.717) is 5.91 Å². The molecule has 1 aromatic carbocycles. The zero-order valence-corrected chi connectivity index (χ0v) is 18.2. The average Bonchev–Trinajstić information content (AvgIpc) is 3.11. The van der Waals surface area contributed by atoms with Crippen molar-refractivity contribution < 1.29 is 4.79 Å². The van der Waals surface area contributed by atoms with E-state index in [2.05, 4.69) is 22.0 Å². The van der Waals surface area contributed by atoms with Crippen LogP contribution in [0.15, 0.2) is 36.5 Å². The first kappa shape index (κ1) is 21.3. The van der Waals surface area contributed by atoms with Crippen molar-refractivity contribution in [3.8, 4) is 11.4 Å². The first-order valence-corrected chi connectivity index (χ1v) is 11.1. The van der Waals surface area contributed by atoms with Gasteiger partial charge in [-0.05, 0) is 56.9 Å². The molecule has 2 N–H and O–H groups in total. The number of fused-ring (bicyclic) bond motifs is 2. The van der Waals surface area contributed by atoms with Crippen molar-refractivity contribution in [3.05, 3.63) is 47.8 Å². The number of hydrogen-bond donors (Lipinski definition) is 1. The molecule has 1 unspecified atom stereocenters. The van der Waals surface area contributed by atoms with Gasteiger partial charge in [0.05, 0.1) is 5.69 Å². The lowest BCUT2D eigenvalue weighted by Gasteiger charge is -2.42. The Morgan fingerprint density at radius 2 is 1.87 bits per heavy atom. The lowest BCUT2D eigenvalue weighted by molar-refractivity contribution is -0.139. The summed E-state index contributed by atoms with van der Waals surface area (Å²) in [5.74, 6) is 1.31. The summed E-state index contributed by atoms with van der Waals surface area (Å²) < 4.78 is 0. The Balaban J connectivity index is 0.00000218. The number of piperidine rings is 1. The van der Waals surface area contributed by atoms with Crippen molar-refractivity contribution in [3.63, 3.8) is 0 Å². The SMILES string of the molecule is Cl.NC1CCC(C(=O)N2CCCC3(CCc4cnc(-c5ccccc5)nc43)C2)CC1. The summed E-state index contributed by atoms with van der Waals surface area (Å²) in [5.41, 5.74) is 9.56. The molecule has 1 aromatic heterocycles. The molecule has 5 rings (SSSR count). The van der Waals surface area contributed by atoms with Gasteiger partial charge in [-0.15, -0.1) is 12.4 Å². The maximum absolute atomic E-state index is 13.3. The quantitative estimate of drug-likeness (QED) is 0.790. The van der Waals surface area contributed by atoms with Crippen molar-refractivity contribution in [1.29, 1.82) is 0 Å². The van der Waals surface area contributed by atoms with Crippen LogP contribution in [0, 0.1) is 5.92 Å². The topological polar surface area (TPSA) is 72.1 Å². The molecule has 1 spiro atoms. The van der Waals surface area contributed by atoms with Gasteiger partial charge in [0.15, 0.2) is 5.82 Å². The van der Waals surface area contributed by atoms with Gasteiger partial charge in [0, 0.05) is 42.2 Å². The molecule has 1 amide bonds. The Kier molecular flexibility index (Phi) is 6.12. The number of amides is 1. The number of benzene rings is 1. The minimum absolute atomic E-state index is 0. The average molecular weight is 427 g/mol. The molecular weight excluding hydrogens is 396 g/mol. The highest BCUT2D eigenvalue weighted by atomic mass is 35.5. The van der Waals surface area contributed by atoms with Gasteiger partial charge in [0.1, 0.15) is 0 Å². The molecule has 6 heteroatoms. The van der Waals surface area contributed by atoms with E-state index in [1.165, 1.54) is 11.3 Å². The minimum Gasteiger partial charge on any atom is -0.342 e. The first-order valence-electron chi connectivity index (χ1n) is 11.1. The van der Waals surface area contributed by atoms with Crippen LogP contribution in [0.2, 0.25) is 0 Å². The number of rotatable bonds is 2. The molecule has 1 atom stereocenters. The van der Waals surface area contributed by atoms with E-state index in [9.17, 15) is 4.79 Å². The van der Waals surface area contributed by atoms with Gasteiger partial charge in [0.2, 0.25) is 5.91 Å². The summed E-state index contributed by atoms with van der Waals surface area (Å²) in [5, 5.41) is 0. The standard InChI is InChI=1S/C24H30N4O.ClH/c25-20-9-7-18(8-10-20)23(29)28-14-4-12-24(16-28)13-11-19-15-26-22(27-21(19)24)17-5-2-1-3-6-17;/h1-3,5-6,15,18,20H,4,7-14,16,25H2;1H.